The minimum absolute atomic E-state index is 0.329. The molecule has 112 valence electrons. The maximum absolute atomic E-state index is 4.36. The molecule has 1 atom stereocenters. The molecule has 1 N–H and O–H groups in total. The number of aromatic nitrogens is 2. The largest absolute Gasteiger partial charge is 0.306 e. The van der Waals surface area contributed by atoms with Crippen molar-refractivity contribution in [3.8, 4) is 0 Å². The Morgan fingerprint density at radius 1 is 1.25 bits per heavy atom. The summed E-state index contributed by atoms with van der Waals surface area (Å²) in [6.07, 6.45) is 10.3. The molecule has 1 unspecified atom stereocenters. The van der Waals surface area contributed by atoms with Crippen molar-refractivity contribution in [1.29, 1.82) is 0 Å². The molecule has 0 bridgehead atoms. The molecule has 0 radical (unpaired) electrons. The van der Waals surface area contributed by atoms with Gasteiger partial charge in [-0.3, -0.25) is 0 Å². The lowest BCUT2D eigenvalue weighted by Gasteiger charge is -2.23. The summed E-state index contributed by atoms with van der Waals surface area (Å²) < 4.78 is 4.21. The van der Waals surface area contributed by atoms with Crippen molar-refractivity contribution in [2.45, 2.75) is 71.3 Å². The van der Waals surface area contributed by atoms with Crippen molar-refractivity contribution in [3.63, 3.8) is 0 Å². The number of allylic oxidation sites excluding steroid dienone is 1. The van der Waals surface area contributed by atoms with Gasteiger partial charge in [0, 0.05) is 0 Å². The molecule has 2 rings (SSSR count). The molecule has 0 saturated heterocycles. The Balaban J connectivity index is 2.27. The van der Waals surface area contributed by atoms with E-state index in [0.717, 1.165) is 6.54 Å². The van der Waals surface area contributed by atoms with Crippen LogP contribution in [-0.2, 0) is 0 Å². The first-order valence-electron chi connectivity index (χ1n) is 7.98. The van der Waals surface area contributed by atoms with Gasteiger partial charge in [0.2, 0.25) is 0 Å². The quantitative estimate of drug-likeness (QED) is 0.807. The molecule has 20 heavy (non-hydrogen) atoms. The average Bonchev–Trinajstić information content (AvgIpc) is 2.85. The third-order valence-corrected chi connectivity index (χ3v) is 4.76. The Morgan fingerprint density at radius 2 is 2.05 bits per heavy atom. The van der Waals surface area contributed by atoms with Gasteiger partial charge in [-0.2, -0.15) is 0 Å². The summed E-state index contributed by atoms with van der Waals surface area (Å²) in [6, 6.07) is 0.329. The molecular formula is C16H27N3S. The highest BCUT2D eigenvalue weighted by molar-refractivity contribution is 7.05. The van der Waals surface area contributed by atoms with Crippen LogP contribution in [0, 0.1) is 0 Å². The topological polar surface area (TPSA) is 37.8 Å². The summed E-state index contributed by atoms with van der Waals surface area (Å²) in [6.45, 7) is 7.57. The van der Waals surface area contributed by atoms with Crippen LogP contribution in [0.15, 0.2) is 11.6 Å². The van der Waals surface area contributed by atoms with E-state index in [9.17, 15) is 0 Å². The molecule has 1 heterocycles. The van der Waals surface area contributed by atoms with Crippen LogP contribution < -0.4 is 5.32 Å². The van der Waals surface area contributed by atoms with E-state index in [1.165, 1.54) is 49.1 Å². The third-order valence-electron chi connectivity index (χ3n) is 3.95. The van der Waals surface area contributed by atoms with E-state index < -0.39 is 0 Å². The smallest absolute Gasteiger partial charge is 0.0832 e. The molecule has 4 heteroatoms. The molecule has 0 fully saturated rings. The summed E-state index contributed by atoms with van der Waals surface area (Å²) in [7, 11) is 0. The van der Waals surface area contributed by atoms with Crippen LogP contribution in [0.5, 0.6) is 0 Å². The van der Waals surface area contributed by atoms with Gasteiger partial charge < -0.3 is 5.32 Å². The standard InChI is InChI=1S/C16H27N3S/c1-4-17-15(13-10-8-6-5-7-9-11-13)16-14(12(2)3)18-19-20-16/h10,12,15,17H,4-9,11H2,1-3H3. The van der Waals surface area contributed by atoms with Crippen molar-refractivity contribution in [2.24, 2.45) is 0 Å². The summed E-state index contributed by atoms with van der Waals surface area (Å²) in [5.41, 5.74) is 2.73. The molecule has 1 aliphatic carbocycles. The summed E-state index contributed by atoms with van der Waals surface area (Å²) in [5.74, 6) is 0.444. The molecular weight excluding hydrogens is 266 g/mol. The number of nitrogens with one attached hydrogen (secondary N) is 1. The predicted octanol–water partition coefficient (Wildman–Crippen LogP) is 4.59. The van der Waals surface area contributed by atoms with Gasteiger partial charge in [0.15, 0.2) is 0 Å². The van der Waals surface area contributed by atoms with E-state index in [-0.39, 0.29) is 0 Å². The van der Waals surface area contributed by atoms with Crippen LogP contribution in [0.25, 0.3) is 0 Å². The zero-order chi connectivity index (χ0) is 14.4. The lowest BCUT2D eigenvalue weighted by molar-refractivity contribution is 0.553. The molecule has 0 spiro atoms. The fourth-order valence-corrected chi connectivity index (χ4v) is 3.81. The highest BCUT2D eigenvalue weighted by Gasteiger charge is 2.23. The molecule has 0 saturated carbocycles. The first-order chi connectivity index (χ1) is 9.74. The van der Waals surface area contributed by atoms with Gasteiger partial charge in [-0.1, -0.05) is 49.8 Å². The van der Waals surface area contributed by atoms with E-state index in [2.05, 4.69) is 41.8 Å². The highest BCUT2D eigenvalue weighted by atomic mass is 32.1. The number of likely N-dealkylation sites (N-methyl/N-ethyl adjacent to an activating group) is 1. The van der Waals surface area contributed by atoms with Crippen LogP contribution in [0.2, 0.25) is 0 Å². The summed E-state index contributed by atoms with van der Waals surface area (Å²) in [4.78, 5) is 1.33. The number of rotatable bonds is 5. The van der Waals surface area contributed by atoms with Gasteiger partial charge in [0.05, 0.1) is 16.6 Å². The zero-order valence-corrected chi connectivity index (χ0v) is 13.8. The SMILES string of the molecule is CCNC(C1=CCCCCCC1)c1snnc1C(C)C. The monoisotopic (exact) mass is 293 g/mol. The van der Waals surface area contributed by atoms with E-state index in [4.69, 9.17) is 0 Å². The second-order valence-electron chi connectivity index (χ2n) is 5.90. The minimum Gasteiger partial charge on any atom is -0.306 e. The van der Waals surface area contributed by atoms with Gasteiger partial charge in [0.25, 0.3) is 0 Å². The molecule has 1 aromatic heterocycles. The molecule has 1 aromatic rings. The van der Waals surface area contributed by atoms with Gasteiger partial charge in [-0.15, -0.1) is 5.10 Å². The van der Waals surface area contributed by atoms with Crippen molar-refractivity contribution < 1.29 is 0 Å². The van der Waals surface area contributed by atoms with Crippen molar-refractivity contribution >= 4 is 11.5 Å². The third kappa shape index (κ3) is 3.89. The Labute approximate surface area is 127 Å². The van der Waals surface area contributed by atoms with E-state index in [0.29, 0.717) is 12.0 Å². The van der Waals surface area contributed by atoms with E-state index in [1.54, 1.807) is 17.1 Å². The molecule has 3 nitrogen and oxygen atoms in total. The first kappa shape index (κ1) is 15.6. The zero-order valence-electron chi connectivity index (χ0n) is 13.0. The van der Waals surface area contributed by atoms with E-state index in [1.807, 2.05) is 0 Å². The number of hydrogen-bond acceptors (Lipinski definition) is 4. The Bertz CT molecular complexity index is 437. The minimum atomic E-state index is 0.329. The Hall–Kier alpha value is -0.740. The maximum atomic E-state index is 4.36. The number of hydrogen-bond donors (Lipinski definition) is 1. The lowest BCUT2D eigenvalue weighted by atomic mass is 9.92. The molecule has 1 aliphatic rings. The number of nitrogens with zero attached hydrogens (tertiary/aromatic N) is 2. The fourth-order valence-electron chi connectivity index (χ4n) is 2.88. The second-order valence-corrected chi connectivity index (χ2v) is 6.69. The summed E-state index contributed by atoms with van der Waals surface area (Å²) >= 11 is 1.57. The van der Waals surface area contributed by atoms with Crippen LogP contribution in [0.1, 0.15) is 81.8 Å². The summed E-state index contributed by atoms with van der Waals surface area (Å²) in [5, 5.41) is 8.02. The van der Waals surface area contributed by atoms with Crippen molar-refractivity contribution in [3.05, 3.63) is 22.2 Å². The predicted molar refractivity (Wildman–Crippen MR) is 86.2 cm³/mol. The van der Waals surface area contributed by atoms with Crippen LogP contribution in [0.4, 0.5) is 0 Å². The van der Waals surface area contributed by atoms with Crippen molar-refractivity contribution in [1.82, 2.24) is 14.9 Å². The average molecular weight is 293 g/mol. The van der Waals surface area contributed by atoms with Crippen molar-refractivity contribution in [2.75, 3.05) is 6.54 Å². The normalized spacial score (nSPS) is 18.5. The van der Waals surface area contributed by atoms with Gasteiger partial charge in [0.1, 0.15) is 0 Å². The second kappa shape index (κ2) is 7.89. The van der Waals surface area contributed by atoms with Gasteiger partial charge in [-0.05, 0) is 49.7 Å². The molecule has 0 aromatic carbocycles. The molecule has 0 amide bonds. The maximum Gasteiger partial charge on any atom is 0.0832 e. The lowest BCUT2D eigenvalue weighted by Crippen LogP contribution is -2.23. The Kier molecular flexibility index (Phi) is 6.17. The Morgan fingerprint density at radius 3 is 2.80 bits per heavy atom. The van der Waals surface area contributed by atoms with Crippen LogP contribution in [-0.4, -0.2) is 16.1 Å². The van der Waals surface area contributed by atoms with Gasteiger partial charge in [-0.25, -0.2) is 0 Å². The van der Waals surface area contributed by atoms with Crippen LogP contribution >= 0.6 is 11.5 Å². The fraction of sp³-hybridized carbons (Fsp3) is 0.750. The highest BCUT2D eigenvalue weighted by Crippen LogP contribution is 2.34. The first-order valence-corrected chi connectivity index (χ1v) is 8.75. The van der Waals surface area contributed by atoms with E-state index >= 15 is 0 Å². The van der Waals surface area contributed by atoms with Gasteiger partial charge >= 0.3 is 0 Å². The molecule has 0 aliphatic heterocycles. The van der Waals surface area contributed by atoms with Crippen LogP contribution in [0.3, 0.4) is 0 Å².